The molecule has 0 saturated carbocycles. The Morgan fingerprint density at radius 1 is 1.14 bits per heavy atom. The molecule has 0 radical (unpaired) electrons. The van der Waals surface area contributed by atoms with Gasteiger partial charge in [-0.25, -0.2) is 9.67 Å². The lowest BCUT2D eigenvalue weighted by Crippen LogP contribution is -2.53. The minimum Gasteiger partial charge on any atom is -0.496 e. The fourth-order valence-electron chi connectivity index (χ4n) is 4.57. The van der Waals surface area contributed by atoms with E-state index in [4.69, 9.17) is 19.8 Å². The summed E-state index contributed by atoms with van der Waals surface area (Å²) < 4.78 is 7.41. The van der Waals surface area contributed by atoms with Crippen LogP contribution in [0.1, 0.15) is 31.2 Å². The Balaban J connectivity index is 1.58. The van der Waals surface area contributed by atoms with Crippen molar-refractivity contribution < 1.29 is 9.53 Å². The normalized spacial score (nSPS) is 13.8. The Labute approximate surface area is 210 Å². The second-order valence-corrected chi connectivity index (χ2v) is 9.76. The van der Waals surface area contributed by atoms with Crippen LogP contribution < -0.4 is 9.64 Å². The number of rotatable bonds is 6. The number of ether oxygens (including phenoxy) is 1. The van der Waals surface area contributed by atoms with Gasteiger partial charge >= 0.3 is 0 Å². The van der Waals surface area contributed by atoms with Gasteiger partial charge in [-0.1, -0.05) is 13.8 Å². The molecule has 186 valence electrons. The standard InChI is InChI=1S/C27H31N7O2/c1-16(2)22-9-19(33-14-18(15-33)27(35)32(4)5)10-26(31-22)34-24-11-23(30-17(3)20(24)13-29-34)21-12-28-8-7-25(21)36-6/h7-13,16,18H,14-15H2,1-6H3. The van der Waals surface area contributed by atoms with Gasteiger partial charge in [-0.05, 0) is 31.0 Å². The van der Waals surface area contributed by atoms with Crippen LogP contribution in [0.25, 0.3) is 28.0 Å². The molecule has 5 rings (SSSR count). The first kappa shape index (κ1) is 23.7. The monoisotopic (exact) mass is 485 g/mol. The molecule has 1 amide bonds. The molecule has 1 aliphatic heterocycles. The Kier molecular flexibility index (Phi) is 6.07. The molecule has 0 spiro atoms. The molecule has 5 heterocycles. The molecule has 1 saturated heterocycles. The molecule has 0 bridgehead atoms. The van der Waals surface area contributed by atoms with Gasteiger partial charge in [0.2, 0.25) is 5.91 Å². The molecule has 1 aliphatic rings. The maximum absolute atomic E-state index is 12.4. The summed E-state index contributed by atoms with van der Waals surface area (Å²) in [5.41, 5.74) is 5.39. The van der Waals surface area contributed by atoms with Crippen molar-refractivity contribution in [2.45, 2.75) is 26.7 Å². The number of aryl methyl sites for hydroxylation is 1. The van der Waals surface area contributed by atoms with Crippen molar-refractivity contribution >= 4 is 22.5 Å². The average Bonchev–Trinajstić information content (AvgIpc) is 3.27. The predicted octanol–water partition coefficient (Wildman–Crippen LogP) is 3.84. The van der Waals surface area contributed by atoms with Gasteiger partial charge in [-0.2, -0.15) is 5.10 Å². The molecule has 4 aromatic heterocycles. The number of methoxy groups -OCH3 is 1. The van der Waals surface area contributed by atoms with Crippen molar-refractivity contribution in [2.75, 3.05) is 39.2 Å². The van der Waals surface area contributed by atoms with Crippen LogP contribution in [0.4, 0.5) is 5.69 Å². The zero-order valence-corrected chi connectivity index (χ0v) is 21.6. The lowest BCUT2D eigenvalue weighted by atomic mass is 9.97. The second kappa shape index (κ2) is 9.22. The van der Waals surface area contributed by atoms with Crippen LogP contribution in [-0.4, -0.2) is 69.8 Å². The van der Waals surface area contributed by atoms with Crippen LogP contribution in [0.15, 0.2) is 42.9 Å². The topological polar surface area (TPSA) is 89.3 Å². The van der Waals surface area contributed by atoms with Crippen LogP contribution in [0.5, 0.6) is 5.75 Å². The summed E-state index contributed by atoms with van der Waals surface area (Å²) in [5.74, 6) is 1.89. The molecular weight excluding hydrogens is 454 g/mol. The average molecular weight is 486 g/mol. The third-order valence-corrected chi connectivity index (χ3v) is 6.70. The van der Waals surface area contributed by atoms with E-state index in [1.165, 1.54) is 0 Å². The quantitative estimate of drug-likeness (QED) is 0.410. The van der Waals surface area contributed by atoms with E-state index in [2.05, 4.69) is 35.9 Å². The van der Waals surface area contributed by atoms with Crippen molar-refractivity contribution in [3.05, 3.63) is 54.2 Å². The minimum absolute atomic E-state index is 0.0235. The fraction of sp³-hybridized carbons (Fsp3) is 0.370. The Bertz CT molecular complexity index is 1440. The van der Waals surface area contributed by atoms with Crippen LogP contribution in [0.3, 0.4) is 0 Å². The first-order chi connectivity index (χ1) is 17.3. The van der Waals surface area contributed by atoms with Gasteiger partial charge in [0.05, 0.1) is 36.0 Å². The lowest BCUT2D eigenvalue weighted by molar-refractivity contribution is -0.133. The molecule has 0 unspecified atom stereocenters. The number of anilines is 1. The molecule has 0 N–H and O–H groups in total. The van der Waals surface area contributed by atoms with Gasteiger partial charge in [0.25, 0.3) is 0 Å². The van der Waals surface area contributed by atoms with Gasteiger partial charge in [0, 0.05) is 68.1 Å². The third-order valence-electron chi connectivity index (χ3n) is 6.70. The van der Waals surface area contributed by atoms with Crippen molar-refractivity contribution in [1.82, 2.24) is 29.6 Å². The minimum atomic E-state index is 0.0235. The highest BCUT2D eigenvalue weighted by Gasteiger charge is 2.34. The summed E-state index contributed by atoms with van der Waals surface area (Å²) in [6.45, 7) is 7.64. The predicted molar refractivity (Wildman–Crippen MR) is 140 cm³/mol. The summed E-state index contributed by atoms with van der Waals surface area (Å²) in [5, 5.41) is 5.66. The highest BCUT2D eigenvalue weighted by atomic mass is 16.5. The molecule has 0 aliphatic carbocycles. The molecule has 9 heteroatoms. The van der Waals surface area contributed by atoms with E-state index in [0.29, 0.717) is 18.8 Å². The zero-order valence-electron chi connectivity index (χ0n) is 21.6. The molecule has 0 atom stereocenters. The summed E-state index contributed by atoms with van der Waals surface area (Å²) in [6.07, 6.45) is 5.30. The molecule has 0 aromatic carbocycles. The fourth-order valence-corrected chi connectivity index (χ4v) is 4.57. The molecular formula is C27H31N7O2. The summed E-state index contributed by atoms with van der Waals surface area (Å²) in [6, 6.07) is 8.01. The zero-order chi connectivity index (χ0) is 25.6. The number of amides is 1. The van der Waals surface area contributed by atoms with Crippen LogP contribution >= 0.6 is 0 Å². The van der Waals surface area contributed by atoms with E-state index >= 15 is 0 Å². The summed E-state index contributed by atoms with van der Waals surface area (Å²) >= 11 is 0. The SMILES string of the molecule is COc1ccncc1-c1cc2c(cnn2-c2cc(N3CC(C(=O)N(C)C)C3)cc(C(C)C)n2)c(C)n1. The van der Waals surface area contributed by atoms with E-state index in [-0.39, 0.29) is 17.7 Å². The van der Waals surface area contributed by atoms with Crippen LogP contribution in [0, 0.1) is 12.8 Å². The van der Waals surface area contributed by atoms with Gasteiger partial charge in [0.15, 0.2) is 5.82 Å². The van der Waals surface area contributed by atoms with E-state index in [9.17, 15) is 4.79 Å². The third kappa shape index (κ3) is 4.14. The van der Waals surface area contributed by atoms with Crippen molar-refractivity contribution in [1.29, 1.82) is 0 Å². The number of fused-ring (bicyclic) bond motifs is 1. The first-order valence-electron chi connectivity index (χ1n) is 12.1. The smallest absolute Gasteiger partial charge is 0.228 e. The second-order valence-electron chi connectivity index (χ2n) is 9.76. The largest absolute Gasteiger partial charge is 0.496 e. The van der Waals surface area contributed by atoms with Crippen molar-refractivity contribution in [3.8, 4) is 22.8 Å². The Morgan fingerprint density at radius 3 is 2.61 bits per heavy atom. The molecule has 4 aromatic rings. The lowest BCUT2D eigenvalue weighted by Gasteiger charge is -2.41. The maximum atomic E-state index is 12.4. The van der Waals surface area contributed by atoms with E-state index in [0.717, 1.165) is 45.1 Å². The summed E-state index contributed by atoms with van der Waals surface area (Å²) in [4.78, 5) is 30.3. The number of carbonyl (C=O) groups excluding carboxylic acids is 1. The summed E-state index contributed by atoms with van der Waals surface area (Å²) in [7, 11) is 5.26. The number of hydrogen-bond acceptors (Lipinski definition) is 7. The Morgan fingerprint density at radius 2 is 1.92 bits per heavy atom. The number of nitrogens with zero attached hydrogens (tertiary/aromatic N) is 7. The van der Waals surface area contributed by atoms with Gasteiger partial charge in [-0.15, -0.1) is 0 Å². The molecule has 9 nitrogen and oxygen atoms in total. The highest BCUT2D eigenvalue weighted by molar-refractivity contribution is 5.87. The van der Waals surface area contributed by atoms with Gasteiger partial charge < -0.3 is 14.5 Å². The van der Waals surface area contributed by atoms with Crippen molar-refractivity contribution in [3.63, 3.8) is 0 Å². The van der Waals surface area contributed by atoms with Crippen molar-refractivity contribution in [2.24, 2.45) is 5.92 Å². The molecule has 1 fully saturated rings. The molecule has 36 heavy (non-hydrogen) atoms. The maximum Gasteiger partial charge on any atom is 0.228 e. The number of hydrogen-bond donors (Lipinski definition) is 0. The van der Waals surface area contributed by atoms with Crippen LogP contribution in [-0.2, 0) is 4.79 Å². The van der Waals surface area contributed by atoms with Gasteiger partial charge in [-0.3, -0.25) is 14.8 Å². The van der Waals surface area contributed by atoms with E-state index in [1.54, 1.807) is 38.5 Å². The van der Waals surface area contributed by atoms with E-state index in [1.807, 2.05) is 29.9 Å². The van der Waals surface area contributed by atoms with Gasteiger partial charge in [0.1, 0.15) is 5.75 Å². The first-order valence-corrected chi connectivity index (χ1v) is 12.1. The number of aromatic nitrogens is 5. The number of carbonyl (C=O) groups is 1. The number of pyridine rings is 3. The Hall–Kier alpha value is -4.01. The van der Waals surface area contributed by atoms with E-state index < -0.39 is 0 Å². The highest BCUT2D eigenvalue weighted by Crippen LogP contribution is 2.33. The van der Waals surface area contributed by atoms with Crippen LogP contribution in [0.2, 0.25) is 0 Å².